The Bertz CT molecular complexity index is 554. The third-order valence-corrected chi connectivity index (χ3v) is 3.82. The zero-order chi connectivity index (χ0) is 15.1. The first-order chi connectivity index (χ1) is 10.2. The van der Waals surface area contributed by atoms with Crippen molar-refractivity contribution >= 4 is 11.3 Å². The van der Waals surface area contributed by atoms with Gasteiger partial charge in [0.2, 0.25) is 0 Å². The summed E-state index contributed by atoms with van der Waals surface area (Å²) in [6, 6.07) is 8.05. The number of aromatic nitrogens is 2. The highest BCUT2D eigenvalue weighted by Crippen LogP contribution is 2.26. The van der Waals surface area contributed by atoms with E-state index in [-0.39, 0.29) is 0 Å². The van der Waals surface area contributed by atoms with Crippen molar-refractivity contribution in [1.82, 2.24) is 15.5 Å². The summed E-state index contributed by atoms with van der Waals surface area (Å²) in [5.74, 6) is 1.54. The Kier molecular flexibility index (Phi) is 6.14. The predicted octanol–water partition coefficient (Wildman–Crippen LogP) is 3.74. The number of hydrogen-bond acceptors (Lipinski definition) is 5. The van der Waals surface area contributed by atoms with E-state index >= 15 is 0 Å². The van der Waals surface area contributed by atoms with Gasteiger partial charge in [0, 0.05) is 12.1 Å². The lowest BCUT2D eigenvalue weighted by molar-refractivity contribution is 0.317. The number of benzene rings is 1. The molecule has 0 saturated heterocycles. The van der Waals surface area contributed by atoms with E-state index < -0.39 is 0 Å². The van der Waals surface area contributed by atoms with Gasteiger partial charge in [0.1, 0.15) is 15.8 Å². The van der Waals surface area contributed by atoms with Crippen LogP contribution in [-0.2, 0) is 6.54 Å². The van der Waals surface area contributed by atoms with Gasteiger partial charge in [-0.3, -0.25) is 0 Å². The normalized spacial score (nSPS) is 11.0. The van der Waals surface area contributed by atoms with Crippen LogP contribution < -0.4 is 10.1 Å². The molecule has 5 heteroatoms. The minimum atomic E-state index is 0.643. The van der Waals surface area contributed by atoms with Crippen LogP contribution in [0.5, 0.6) is 5.75 Å². The summed E-state index contributed by atoms with van der Waals surface area (Å²) >= 11 is 1.63. The molecule has 0 bridgehead atoms. The zero-order valence-corrected chi connectivity index (χ0v) is 13.7. The standard InChI is InChI=1S/C16H23N3OS/c1-4-8-20-14-7-5-6-13(9-14)16-19-18-15(21-16)11-17-10-12(2)3/h5-7,9,12,17H,4,8,10-11H2,1-3H3. The number of nitrogens with zero attached hydrogens (tertiary/aromatic N) is 2. The minimum absolute atomic E-state index is 0.643. The van der Waals surface area contributed by atoms with Gasteiger partial charge in [-0.15, -0.1) is 10.2 Å². The fourth-order valence-electron chi connectivity index (χ4n) is 1.85. The van der Waals surface area contributed by atoms with E-state index in [4.69, 9.17) is 4.74 Å². The Morgan fingerprint density at radius 2 is 2.14 bits per heavy atom. The van der Waals surface area contributed by atoms with Gasteiger partial charge in [-0.25, -0.2) is 0 Å². The second-order valence-electron chi connectivity index (χ2n) is 5.40. The minimum Gasteiger partial charge on any atom is -0.494 e. The molecule has 4 nitrogen and oxygen atoms in total. The van der Waals surface area contributed by atoms with E-state index in [2.05, 4.69) is 36.3 Å². The Morgan fingerprint density at radius 1 is 1.29 bits per heavy atom. The van der Waals surface area contributed by atoms with Crippen LogP contribution in [0.4, 0.5) is 0 Å². The first-order valence-corrected chi connectivity index (χ1v) is 8.27. The van der Waals surface area contributed by atoms with E-state index in [1.165, 1.54) is 0 Å². The topological polar surface area (TPSA) is 47.0 Å². The molecule has 0 aliphatic carbocycles. The molecule has 0 aliphatic heterocycles. The van der Waals surface area contributed by atoms with Crippen molar-refractivity contribution in [2.24, 2.45) is 5.92 Å². The maximum absolute atomic E-state index is 5.66. The van der Waals surface area contributed by atoms with Crippen LogP contribution in [0.2, 0.25) is 0 Å². The van der Waals surface area contributed by atoms with Crippen molar-refractivity contribution in [2.45, 2.75) is 33.7 Å². The maximum atomic E-state index is 5.66. The quantitative estimate of drug-likeness (QED) is 0.807. The Labute approximate surface area is 130 Å². The summed E-state index contributed by atoms with van der Waals surface area (Å²) in [5, 5.41) is 13.9. The maximum Gasteiger partial charge on any atom is 0.147 e. The van der Waals surface area contributed by atoms with Crippen molar-refractivity contribution in [3.8, 4) is 16.3 Å². The molecule has 21 heavy (non-hydrogen) atoms. The molecule has 2 aromatic rings. The van der Waals surface area contributed by atoms with Crippen LogP contribution in [0.1, 0.15) is 32.2 Å². The molecular weight excluding hydrogens is 282 g/mol. The van der Waals surface area contributed by atoms with Crippen molar-refractivity contribution in [3.05, 3.63) is 29.3 Å². The van der Waals surface area contributed by atoms with Gasteiger partial charge in [-0.2, -0.15) is 0 Å². The Morgan fingerprint density at radius 3 is 2.90 bits per heavy atom. The predicted molar refractivity (Wildman–Crippen MR) is 87.7 cm³/mol. The van der Waals surface area contributed by atoms with E-state index in [0.29, 0.717) is 5.92 Å². The lowest BCUT2D eigenvalue weighted by Gasteiger charge is -2.05. The highest BCUT2D eigenvalue weighted by atomic mass is 32.1. The molecule has 0 saturated carbocycles. The van der Waals surface area contributed by atoms with Crippen molar-refractivity contribution in [1.29, 1.82) is 0 Å². The molecule has 2 rings (SSSR count). The molecule has 0 spiro atoms. The number of rotatable bonds is 8. The van der Waals surface area contributed by atoms with Gasteiger partial charge in [-0.05, 0) is 31.0 Å². The van der Waals surface area contributed by atoms with Gasteiger partial charge in [0.25, 0.3) is 0 Å². The fourth-order valence-corrected chi connectivity index (χ4v) is 2.65. The molecule has 0 amide bonds. The first kappa shape index (κ1) is 15.9. The summed E-state index contributed by atoms with van der Waals surface area (Å²) in [7, 11) is 0. The molecule has 0 aliphatic rings. The molecule has 0 radical (unpaired) electrons. The number of nitrogens with one attached hydrogen (secondary N) is 1. The molecule has 0 atom stereocenters. The smallest absolute Gasteiger partial charge is 0.147 e. The zero-order valence-electron chi connectivity index (χ0n) is 12.9. The number of hydrogen-bond donors (Lipinski definition) is 1. The lowest BCUT2D eigenvalue weighted by Crippen LogP contribution is -2.18. The van der Waals surface area contributed by atoms with E-state index in [0.717, 1.165) is 47.4 Å². The molecule has 0 fully saturated rings. The average Bonchev–Trinajstić information content (AvgIpc) is 2.94. The average molecular weight is 305 g/mol. The molecule has 0 unspecified atom stereocenters. The van der Waals surface area contributed by atoms with Crippen LogP contribution >= 0.6 is 11.3 Å². The van der Waals surface area contributed by atoms with Gasteiger partial charge in [0.05, 0.1) is 6.61 Å². The molecule has 114 valence electrons. The Balaban J connectivity index is 2.00. The summed E-state index contributed by atoms with van der Waals surface area (Å²) in [6.07, 6.45) is 1.01. The van der Waals surface area contributed by atoms with Crippen molar-refractivity contribution < 1.29 is 4.74 Å². The van der Waals surface area contributed by atoms with Crippen LogP contribution in [0, 0.1) is 5.92 Å². The third kappa shape index (κ3) is 5.10. The van der Waals surface area contributed by atoms with Crippen LogP contribution in [0.15, 0.2) is 24.3 Å². The second-order valence-corrected chi connectivity index (χ2v) is 6.46. The summed E-state index contributed by atoms with van der Waals surface area (Å²) < 4.78 is 5.66. The molecule has 1 aromatic heterocycles. The molecule has 1 heterocycles. The first-order valence-electron chi connectivity index (χ1n) is 7.45. The van der Waals surface area contributed by atoms with Gasteiger partial charge in [0.15, 0.2) is 0 Å². The lowest BCUT2D eigenvalue weighted by atomic mass is 10.2. The van der Waals surface area contributed by atoms with E-state index in [1.54, 1.807) is 11.3 Å². The van der Waals surface area contributed by atoms with Crippen LogP contribution in [0.25, 0.3) is 10.6 Å². The van der Waals surface area contributed by atoms with Crippen molar-refractivity contribution in [3.63, 3.8) is 0 Å². The Hall–Kier alpha value is -1.46. The molecular formula is C16H23N3OS. The highest BCUT2D eigenvalue weighted by molar-refractivity contribution is 7.14. The second kappa shape index (κ2) is 8.10. The van der Waals surface area contributed by atoms with E-state index in [1.807, 2.05) is 24.3 Å². The highest BCUT2D eigenvalue weighted by Gasteiger charge is 2.07. The third-order valence-electron chi connectivity index (χ3n) is 2.85. The fraction of sp³-hybridized carbons (Fsp3) is 0.500. The van der Waals surface area contributed by atoms with Gasteiger partial charge < -0.3 is 10.1 Å². The number of ether oxygens (including phenoxy) is 1. The van der Waals surface area contributed by atoms with Gasteiger partial charge >= 0.3 is 0 Å². The summed E-state index contributed by atoms with van der Waals surface area (Å²) in [4.78, 5) is 0. The SMILES string of the molecule is CCCOc1cccc(-c2nnc(CNCC(C)C)s2)c1. The van der Waals surface area contributed by atoms with E-state index in [9.17, 15) is 0 Å². The largest absolute Gasteiger partial charge is 0.494 e. The van der Waals surface area contributed by atoms with Gasteiger partial charge in [-0.1, -0.05) is 44.2 Å². The molecule has 1 N–H and O–H groups in total. The molecule has 1 aromatic carbocycles. The monoisotopic (exact) mass is 305 g/mol. The van der Waals surface area contributed by atoms with Crippen LogP contribution in [-0.4, -0.2) is 23.3 Å². The summed E-state index contributed by atoms with van der Waals surface area (Å²) in [5.41, 5.74) is 1.07. The van der Waals surface area contributed by atoms with Crippen molar-refractivity contribution in [2.75, 3.05) is 13.2 Å². The summed E-state index contributed by atoms with van der Waals surface area (Å²) in [6.45, 7) is 9.01. The van der Waals surface area contributed by atoms with Crippen LogP contribution in [0.3, 0.4) is 0 Å².